The highest BCUT2D eigenvalue weighted by atomic mass is 79.9. The molecule has 2 aromatic heterocycles. The van der Waals surface area contributed by atoms with Crippen LogP contribution in [0.1, 0.15) is 12.5 Å². The van der Waals surface area contributed by atoms with Gasteiger partial charge in [-0.1, -0.05) is 41.1 Å². The normalized spacial score (nSPS) is 11.0. The van der Waals surface area contributed by atoms with Gasteiger partial charge < -0.3 is 4.40 Å². The van der Waals surface area contributed by atoms with E-state index in [2.05, 4.69) is 82.1 Å². The molecule has 0 N–H and O–H groups in total. The molecule has 2 heteroatoms. The van der Waals surface area contributed by atoms with Crippen molar-refractivity contribution < 1.29 is 0 Å². The van der Waals surface area contributed by atoms with Gasteiger partial charge in [0.2, 0.25) is 0 Å². The Bertz CT molecular complexity index is 680. The molecule has 0 aliphatic heterocycles. The molecule has 1 aromatic carbocycles. The molecule has 0 saturated heterocycles. The summed E-state index contributed by atoms with van der Waals surface area (Å²) < 4.78 is 3.32. The number of aryl methyl sites for hydroxylation is 1. The topological polar surface area (TPSA) is 4.41 Å². The molecule has 0 aliphatic rings. The number of halogens is 1. The Morgan fingerprint density at radius 3 is 2.44 bits per heavy atom. The van der Waals surface area contributed by atoms with Crippen LogP contribution in [0.15, 0.2) is 59.3 Å². The Hall–Kier alpha value is -1.54. The van der Waals surface area contributed by atoms with Crippen molar-refractivity contribution in [3.05, 3.63) is 64.9 Å². The number of benzene rings is 1. The minimum absolute atomic E-state index is 1.07. The summed E-state index contributed by atoms with van der Waals surface area (Å²) >= 11 is 3.47. The quantitative estimate of drug-likeness (QED) is 0.632. The van der Waals surface area contributed by atoms with E-state index >= 15 is 0 Å². The molecule has 0 amide bonds. The smallest absolute Gasteiger partial charge is 0.0456 e. The number of rotatable bonds is 2. The zero-order valence-electron chi connectivity index (χ0n) is 10.2. The van der Waals surface area contributed by atoms with E-state index in [0.717, 1.165) is 10.9 Å². The maximum absolute atomic E-state index is 3.47. The second-order valence-corrected chi connectivity index (χ2v) is 5.37. The lowest BCUT2D eigenvalue weighted by atomic mass is 10.1. The molecule has 3 rings (SSSR count). The van der Waals surface area contributed by atoms with Gasteiger partial charge in [-0.15, -0.1) is 0 Å². The van der Waals surface area contributed by atoms with Gasteiger partial charge in [0, 0.05) is 27.9 Å². The number of hydrogen-bond acceptors (Lipinski definition) is 0. The number of nitrogens with zero attached hydrogens (tertiary/aromatic N) is 1. The molecular weight excluding hydrogens is 286 g/mol. The van der Waals surface area contributed by atoms with Crippen LogP contribution >= 0.6 is 15.9 Å². The first-order chi connectivity index (χ1) is 8.76. The van der Waals surface area contributed by atoms with Crippen molar-refractivity contribution in [1.29, 1.82) is 0 Å². The monoisotopic (exact) mass is 299 g/mol. The van der Waals surface area contributed by atoms with Crippen LogP contribution in [-0.4, -0.2) is 4.40 Å². The summed E-state index contributed by atoms with van der Waals surface area (Å²) in [4.78, 5) is 0. The lowest BCUT2D eigenvalue weighted by molar-refractivity contribution is 1.07. The van der Waals surface area contributed by atoms with Gasteiger partial charge in [-0.2, -0.15) is 0 Å². The Kier molecular flexibility index (Phi) is 2.96. The lowest BCUT2D eigenvalue weighted by Gasteiger charge is -1.98. The molecule has 0 saturated carbocycles. The highest BCUT2D eigenvalue weighted by molar-refractivity contribution is 9.10. The van der Waals surface area contributed by atoms with Gasteiger partial charge >= 0.3 is 0 Å². The van der Waals surface area contributed by atoms with Gasteiger partial charge in [0.1, 0.15) is 0 Å². The van der Waals surface area contributed by atoms with Gasteiger partial charge in [-0.25, -0.2) is 0 Å². The zero-order valence-corrected chi connectivity index (χ0v) is 11.8. The fraction of sp³-hybridized carbons (Fsp3) is 0.125. The molecule has 0 spiro atoms. The van der Waals surface area contributed by atoms with E-state index in [1.165, 1.54) is 22.2 Å². The van der Waals surface area contributed by atoms with E-state index in [1.807, 2.05) is 0 Å². The number of aromatic nitrogens is 1. The van der Waals surface area contributed by atoms with Crippen LogP contribution in [-0.2, 0) is 6.42 Å². The van der Waals surface area contributed by atoms with E-state index in [1.54, 1.807) is 0 Å². The molecule has 0 bridgehead atoms. The molecule has 0 radical (unpaired) electrons. The van der Waals surface area contributed by atoms with Crippen molar-refractivity contribution in [2.24, 2.45) is 0 Å². The Morgan fingerprint density at radius 1 is 0.944 bits per heavy atom. The molecule has 90 valence electrons. The molecular formula is C16H14BrN. The van der Waals surface area contributed by atoms with Gasteiger partial charge in [-0.3, -0.25) is 0 Å². The van der Waals surface area contributed by atoms with E-state index < -0.39 is 0 Å². The summed E-state index contributed by atoms with van der Waals surface area (Å²) in [6.07, 6.45) is 5.47. The first-order valence-corrected chi connectivity index (χ1v) is 6.92. The summed E-state index contributed by atoms with van der Waals surface area (Å²) in [7, 11) is 0. The molecule has 0 atom stereocenters. The molecule has 0 unspecified atom stereocenters. The first-order valence-electron chi connectivity index (χ1n) is 6.13. The van der Waals surface area contributed by atoms with Crippen LogP contribution in [0.4, 0.5) is 0 Å². The molecule has 0 aliphatic carbocycles. The van der Waals surface area contributed by atoms with Crippen molar-refractivity contribution in [2.45, 2.75) is 13.3 Å². The lowest BCUT2D eigenvalue weighted by Crippen LogP contribution is -1.85. The predicted octanol–water partition coefficient (Wildman–Crippen LogP) is 4.93. The summed E-state index contributed by atoms with van der Waals surface area (Å²) in [5, 5.41) is 0. The summed E-state index contributed by atoms with van der Waals surface area (Å²) in [5.41, 5.74) is 5.11. The molecule has 18 heavy (non-hydrogen) atoms. The second kappa shape index (κ2) is 4.62. The van der Waals surface area contributed by atoms with Gasteiger partial charge in [-0.05, 0) is 41.8 Å². The van der Waals surface area contributed by atoms with Crippen molar-refractivity contribution >= 4 is 21.4 Å². The standard InChI is InChI=1S/C16H14BrN/c1-2-12-3-8-16-9-14(11-18(16)10-12)13-4-6-15(17)7-5-13/h3-11H,2H2,1H3. The maximum atomic E-state index is 3.47. The van der Waals surface area contributed by atoms with Crippen LogP contribution < -0.4 is 0 Å². The summed E-state index contributed by atoms with van der Waals surface area (Å²) in [6.45, 7) is 2.18. The molecule has 3 aromatic rings. The minimum atomic E-state index is 1.07. The van der Waals surface area contributed by atoms with E-state index in [-0.39, 0.29) is 0 Å². The first kappa shape index (κ1) is 11.5. The van der Waals surface area contributed by atoms with Crippen LogP contribution in [0.25, 0.3) is 16.6 Å². The van der Waals surface area contributed by atoms with Crippen LogP contribution in [0.2, 0.25) is 0 Å². The number of pyridine rings is 1. The second-order valence-electron chi connectivity index (χ2n) is 4.46. The van der Waals surface area contributed by atoms with Gasteiger partial charge in [0.05, 0.1) is 0 Å². The SMILES string of the molecule is CCc1ccc2cc(-c3ccc(Br)cc3)cn2c1. The van der Waals surface area contributed by atoms with Crippen molar-refractivity contribution in [3.8, 4) is 11.1 Å². The van der Waals surface area contributed by atoms with Gasteiger partial charge in [0.15, 0.2) is 0 Å². The van der Waals surface area contributed by atoms with E-state index in [0.29, 0.717) is 0 Å². The molecule has 1 nitrogen and oxygen atoms in total. The highest BCUT2D eigenvalue weighted by Crippen LogP contribution is 2.24. The molecule has 0 fully saturated rings. The Labute approximate surface area is 115 Å². The predicted molar refractivity (Wildman–Crippen MR) is 79.9 cm³/mol. The minimum Gasteiger partial charge on any atom is -0.323 e. The summed E-state index contributed by atoms with van der Waals surface area (Å²) in [6, 6.07) is 15.0. The van der Waals surface area contributed by atoms with E-state index in [4.69, 9.17) is 0 Å². The molecule has 2 heterocycles. The third-order valence-electron chi connectivity index (χ3n) is 3.24. The third kappa shape index (κ3) is 2.08. The largest absolute Gasteiger partial charge is 0.323 e. The highest BCUT2D eigenvalue weighted by Gasteiger charge is 2.02. The van der Waals surface area contributed by atoms with Gasteiger partial charge in [0.25, 0.3) is 0 Å². The van der Waals surface area contributed by atoms with E-state index in [9.17, 15) is 0 Å². The van der Waals surface area contributed by atoms with Crippen molar-refractivity contribution in [1.82, 2.24) is 4.40 Å². The average Bonchev–Trinajstić information content (AvgIpc) is 2.82. The number of hydrogen-bond donors (Lipinski definition) is 0. The average molecular weight is 300 g/mol. The fourth-order valence-electron chi connectivity index (χ4n) is 2.16. The van der Waals surface area contributed by atoms with Crippen LogP contribution in [0, 0.1) is 0 Å². The zero-order chi connectivity index (χ0) is 12.5. The summed E-state index contributed by atoms with van der Waals surface area (Å²) in [5.74, 6) is 0. The van der Waals surface area contributed by atoms with Crippen molar-refractivity contribution in [2.75, 3.05) is 0 Å². The van der Waals surface area contributed by atoms with Crippen LogP contribution in [0.5, 0.6) is 0 Å². The maximum Gasteiger partial charge on any atom is 0.0456 e. The Balaban J connectivity index is 2.10. The van der Waals surface area contributed by atoms with Crippen LogP contribution in [0.3, 0.4) is 0 Å². The number of fused-ring (bicyclic) bond motifs is 1. The Morgan fingerprint density at radius 2 is 1.72 bits per heavy atom. The third-order valence-corrected chi connectivity index (χ3v) is 3.77. The van der Waals surface area contributed by atoms with Crippen molar-refractivity contribution in [3.63, 3.8) is 0 Å². The fourth-order valence-corrected chi connectivity index (χ4v) is 2.43.